The van der Waals surface area contributed by atoms with Crippen molar-refractivity contribution in [1.82, 2.24) is 0 Å². The molecule has 1 heterocycles. The van der Waals surface area contributed by atoms with Crippen molar-refractivity contribution in [1.29, 1.82) is 0 Å². The smallest absolute Gasteiger partial charge is 0.265 e. The molecule has 0 aliphatic heterocycles. The Labute approximate surface area is 133 Å². The molecule has 1 aromatic heterocycles. The van der Waals surface area contributed by atoms with Gasteiger partial charge in [0.2, 0.25) is 0 Å². The summed E-state index contributed by atoms with van der Waals surface area (Å²) in [6.07, 6.45) is 0. The van der Waals surface area contributed by atoms with Crippen LogP contribution in [0.1, 0.15) is 9.67 Å². The summed E-state index contributed by atoms with van der Waals surface area (Å²) in [5, 5.41) is 2.80. The number of nitrogen functional groups attached to an aromatic ring is 1. The van der Waals surface area contributed by atoms with E-state index >= 15 is 0 Å². The van der Waals surface area contributed by atoms with Gasteiger partial charge >= 0.3 is 0 Å². The molecule has 2 aromatic rings. The van der Waals surface area contributed by atoms with Gasteiger partial charge in [-0.25, -0.2) is 0 Å². The Morgan fingerprint density at radius 3 is 2.44 bits per heavy atom. The minimum absolute atomic E-state index is 0.159. The number of rotatable bonds is 2. The Morgan fingerprint density at radius 1 is 1.17 bits per heavy atom. The fraction of sp³-hybridized carbons (Fsp3) is 0. The quantitative estimate of drug-likeness (QED) is 0.636. The molecule has 0 atom stereocenters. The van der Waals surface area contributed by atoms with Crippen molar-refractivity contribution < 1.29 is 4.79 Å². The van der Waals surface area contributed by atoms with Crippen molar-refractivity contribution >= 4 is 76.4 Å². The Morgan fingerprint density at radius 2 is 1.89 bits per heavy atom. The van der Waals surface area contributed by atoms with Crippen molar-refractivity contribution in [2.75, 3.05) is 11.1 Å². The summed E-state index contributed by atoms with van der Waals surface area (Å²) in [5.41, 5.74) is 7.01. The Balaban J connectivity index is 2.18. The fourth-order valence-corrected chi connectivity index (χ4v) is 3.45. The Bertz CT molecular complexity index is 593. The van der Waals surface area contributed by atoms with E-state index in [1.165, 1.54) is 11.3 Å². The van der Waals surface area contributed by atoms with Gasteiger partial charge in [-0.05, 0) is 72.1 Å². The molecule has 0 fully saturated rings. The average Bonchev–Trinajstić information content (AvgIpc) is 2.65. The third-order valence-corrected chi connectivity index (χ3v) is 6.10. The number of amides is 1. The highest BCUT2D eigenvalue weighted by Gasteiger charge is 2.12. The van der Waals surface area contributed by atoms with Crippen LogP contribution < -0.4 is 11.1 Å². The van der Waals surface area contributed by atoms with E-state index in [-0.39, 0.29) is 5.91 Å². The van der Waals surface area contributed by atoms with E-state index in [0.29, 0.717) is 16.3 Å². The first-order valence-corrected chi connectivity index (χ1v) is 7.98. The lowest BCUT2D eigenvalue weighted by Crippen LogP contribution is -2.10. The molecule has 3 nitrogen and oxygen atoms in total. The molecule has 0 aliphatic carbocycles. The van der Waals surface area contributed by atoms with Crippen LogP contribution in [0.4, 0.5) is 11.4 Å². The number of anilines is 2. The molecule has 0 bridgehead atoms. The number of hydrogen-bond donors (Lipinski definition) is 2. The number of nitrogens with two attached hydrogens (primary N) is 1. The molecular formula is C11H7Br3N2OS. The van der Waals surface area contributed by atoms with Crippen LogP contribution in [-0.4, -0.2) is 5.91 Å². The lowest BCUT2D eigenvalue weighted by molar-refractivity contribution is 0.103. The van der Waals surface area contributed by atoms with Crippen molar-refractivity contribution in [3.05, 3.63) is 41.9 Å². The third kappa shape index (κ3) is 3.14. The highest BCUT2D eigenvalue weighted by Crippen LogP contribution is 2.33. The monoisotopic (exact) mass is 452 g/mol. The summed E-state index contributed by atoms with van der Waals surface area (Å²) < 4.78 is 2.57. The van der Waals surface area contributed by atoms with Gasteiger partial charge in [-0.3, -0.25) is 4.79 Å². The predicted octanol–water partition coefficient (Wildman–Crippen LogP) is 4.87. The van der Waals surface area contributed by atoms with E-state index < -0.39 is 0 Å². The van der Waals surface area contributed by atoms with Gasteiger partial charge < -0.3 is 11.1 Å². The van der Waals surface area contributed by atoms with Gasteiger partial charge in [0.15, 0.2) is 0 Å². The highest BCUT2D eigenvalue weighted by atomic mass is 79.9. The lowest BCUT2D eigenvalue weighted by Gasteiger charge is -2.05. The molecule has 0 spiro atoms. The second kappa shape index (κ2) is 5.73. The summed E-state index contributed by atoms with van der Waals surface area (Å²) in [5.74, 6) is -0.159. The van der Waals surface area contributed by atoms with E-state index in [2.05, 4.69) is 53.1 Å². The van der Waals surface area contributed by atoms with Gasteiger partial charge in [-0.15, -0.1) is 11.3 Å². The van der Waals surface area contributed by atoms with Crippen molar-refractivity contribution in [2.24, 2.45) is 0 Å². The first-order chi connectivity index (χ1) is 8.47. The molecule has 18 heavy (non-hydrogen) atoms. The largest absolute Gasteiger partial charge is 0.398 e. The van der Waals surface area contributed by atoms with E-state index in [1.807, 2.05) is 0 Å². The van der Waals surface area contributed by atoms with Gasteiger partial charge in [-0.1, -0.05) is 0 Å². The molecule has 0 unspecified atom stereocenters. The summed E-state index contributed by atoms with van der Waals surface area (Å²) in [4.78, 5) is 12.6. The second-order valence-corrected chi connectivity index (χ2v) is 7.50. The summed E-state index contributed by atoms with van der Waals surface area (Å²) in [7, 11) is 0. The molecular weight excluding hydrogens is 448 g/mol. The van der Waals surface area contributed by atoms with Crippen LogP contribution in [-0.2, 0) is 0 Å². The minimum Gasteiger partial charge on any atom is -0.398 e. The van der Waals surface area contributed by atoms with Crippen LogP contribution in [0.25, 0.3) is 0 Å². The van der Waals surface area contributed by atoms with E-state index in [1.54, 1.807) is 24.3 Å². The van der Waals surface area contributed by atoms with Crippen LogP contribution in [0.15, 0.2) is 37.0 Å². The molecule has 1 aromatic carbocycles. The lowest BCUT2D eigenvalue weighted by atomic mass is 10.3. The van der Waals surface area contributed by atoms with Crippen LogP contribution in [0.3, 0.4) is 0 Å². The molecule has 0 saturated carbocycles. The van der Waals surface area contributed by atoms with Crippen molar-refractivity contribution in [3.63, 3.8) is 0 Å². The zero-order valence-corrected chi connectivity index (χ0v) is 14.4. The SMILES string of the molecule is Nc1cc(NC(=O)c2cc(Br)c(Br)s2)ccc1Br. The Hall–Kier alpha value is -0.370. The number of carbonyl (C=O) groups is 1. The highest BCUT2D eigenvalue weighted by molar-refractivity contribution is 9.13. The predicted molar refractivity (Wildman–Crippen MR) is 86.2 cm³/mol. The summed E-state index contributed by atoms with van der Waals surface area (Å²) >= 11 is 11.4. The molecule has 7 heteroatoms. The fourth-order valence-electron chi connectivity index (χ4n) is 1.27. The maximum atomic E-state index is 12.0. The van der Waals surface area contributed by atoms with Crippen LogP contribution in [0.2, 0.25) is 0 Å². The summed E-state index contributed by atoms with van der Waals surface area (Å²) in [6, 6.07) is 7.06. The van der Waals surface area contributed by atoms with Crippen LogP contribution >= 0.6 is 59.1 Å². The number of nitrogens with one attached hydrogen (secondary N) is 1. The molecule has 1 amide bonds. The van der Waals surface area contributed by atoms with Gasteiger partial charge in [0.25, 0.3) is 5.91 Å². The molecule has 2 rings (SSSR count). The van der Waals surface area contributed by atoms with Crippen molar-refractivity contribution in [3.8, 4) is 0 Å². The molecule has 94 valence electrons. The number of carbonyl (C=O) groups excluding carboxylic acids is 1. The minimum atomic E-state index is -0.159. The first kappa shape index (κ1) is 14.0. The van der Waals surface area contributed by atoms with Gasteiger partial charge in [0.1, 0.15) is 0 Å². The number of benzene rings is 1. The molecule has 3 N–H and O–H groups in total. The van der Waals surface area contributed by atoms with E-state index in [4.69, 9.17) is 5.73 Å². The third-order valence-electron chi connectivity index (χ3n) is 2.12. The maximum Gasteiger partial charge on any atom is 0.265 e. The zero-order chi connectivity index (χ0) is 13.3. The van der Waals surface area contributed by atoms with E-state index in [0.717, 1.165) is 12.7 Å². The number of thiophene rings is 1. The van der Waals surface area contributed by atoms with Crippen LogP contribution in [0, 0.1) is 0 Å². The molecule has 0 saturated heterocycles. The molecule has 0 radical (unpaired) electrons. The standard InChI is InChI=1S/C11H7Br3N2OS/c12-6-2-1-5(3-8(6)15)16-11(17)9-4-7(13)10(14)18-9/h1-4H,15H2,(H,16,17). The second-order valence-electron chi connectivity index (χ2n) is 3.42. The van der Waals surface area contributed by atoms with Crippen LogP contribution in [0.5, 0.6) is 0 Å². The zero-order valence-electron chi connectivity index (χ0n) is 8.84. The topological polar surface area (TPSA) is 55.1 Å². The van der Waals surface area contributed by atoms with Crippen molar-refractivity contribution in [2.45, 2.75) is 0 Å². The number of hydrogen-bond acceptors (Lipinski definition) is 3. The normalized spacial score (nSPS) is 10.4. The molecule has 0 aliphatic rings. The van der Waals surface area contributed by atoms with Gasteiger partial charge in [0, 0.05) is 20.3 Å². The van der Waals surface area contributed by atoms with Gasteiger partial charge in [0.05, 0.1) is 8.66 Å². The van der Waals surface area contributed by atoms with Gasteiger partial charge in [-0.2, -0.15) is 0 Å². The first-order valence-electron chi connectivity index (χ1n) is 4.78. The average molecular weight is 455 g/mol. The Kier molecular flexibility index (Phi) is 4.47. The maximum absolute atomic E-state index is 12.0. The summed E-state index contributed by atoms with van der Waals surface area (Å²) in [6.45, 7) is 0. The van der Waals surface area contributed by atoms with E-state index in [9.17, 15) is 4.79 Å². The number of halogens is 3.